The maximum Gasteiger partial charge on any atom is 0.195 e. The molecule has 2 aromatic heterocycles. The van der Waals surface area contributed by atoms with Crippen LogP contribution in [0.1, 0.15) is 0 Å². The molecule has 0 spiro atoms. The number of hydrogen-bond donors (Lipinski definition) is 0. The molecule has 0 radical (unpaired) electrons. The lowest BCUT2D eigenvalue weighted by atomic mass is 10.2. The van der Waals surface area contributed by atoms with Crippen LogP contribution in [0.5, 0.6) is 0 Å². The van der Waals surface area contributed by atoms with Gasteiger partial charge in [0.1, 0.15) is 0 Å². The van der Waals surface area contributed by atoms with Crippen molar-refractivity contribution in [2.24, 2.45) is 0 Å². The topological polar surface area (TPSA) is 17.3 Å². The fourth-order valence-electron chi connectivity index (χ4n) is 2.23. The Labute approximate surface area is 141 Å². The summed E-state index contributed by atoms with van der Waals surface area (Å²) in [6, 6.07) is 14.8. The lowest BCUT2D eigenvalue weighted by Crippen LogP contribution is -1.78. The summed E-state index contributed by atoms with van der Waals surface area (Å²) in [4.78, 5) is 5.78. The molecule has 2 heterocycles. The Morgan fingerprint density at radius 2 is 1.90 bits per heavy atom. The Balaban J connectivity index is 1.93. The summed E-state index contributed by atoms with van der Waals surface area (Å²) in [6.45, 7) is 0. The molecule has 0 aliphatic rings. The quantitative estimate of drug-likeness (QED) is 0.343. The van der Waals surface area contributed by atoms with E-state index in [1.807, 2.05) is 0 Å². The van der Waals surface area contributed by atoms with E-state index in [2.05, 4.69) is 91.6 Å². The van der Waals surface area contributed by atoms with Crippen LogP contribution in [0.3, 0.4) is 0 Å². The van der Waals surface area contributed by atoms with E-state index in [4.69, 9.17) is 4.98 Å². The molecule has 4 rings (SSSR count). The van der Waals surface area contributed by atoms with Crippen molar-refractivity contribution in [1.82, 2.24) is 9.38 Å². The van der Waals surface area contributed by atoms with Gasteiger partial charge < -0.3 is 0 Å². The summed E-state index contributed by atoms with van der Waals surface area (Å²) in [5.74, 6) is 0. The van der Waals surface area contributed by atoms with Gasteiger partial charge in [-0.15, -0.1) is 0 Å². The summed E-state index contributed by atoms with van der Waals surface area (Å²) in [5, 5.41) is 0. The van der Waals surface area contributed by atoms with E-state index >= 15 is 0 Å². The molecule has 20 heavy (non-hydrogen) atoms. The molecule has 98 valence electrons. The molecule has 0 saturated carbocycles. The van der Waals surface area contributed by atoms with Gasteiger partial charge in [-0.3, -0.25) is 4.40 Å². The van der Waals surface area contributed by atoms with E-state index in [9.17, 15) is 0 Å². The van der Waals surface area contributed by atoms with Gasteiger partial charge >= 0.3 is 0 Å². The number of thiazole rings is 1. The highest BCUT2D eigenvalue weighted by atomic mass is 127. The minimum absolute atomic E-state index is 1.03. The SMILES string of the molecule is Brc1ccc2c(c1)sc1nc(-c3ccc(I)cc3)cn12. The van der Waals surface area contributed by atoms with Gasteiger partial charge in [0.15, 0.2) is 4.96 Å². The number of benzene rings is 2. The summed E-state index contributed by atoms with van der Waals surface area (Å²) >= 11 is 7.54. The zero-order valence-corrected chi connectivity index (χ0v) is 14.7. The lowest BCUT2D eigenvalue weighted by Gasteiger charge is -1.96. The van der Waals surface area contributed by atoms with Crippen molar-refractivity contribution in [2.45, 2.75) is 0 Å². The number of rotatable bonds is 1. The summed E-state index contributed by atoms with van der Waals surface area (Å²) in [7, 11) is 0. The number of halogens is 2. The van der Waals surface area contributed by atoms with Crippen LogP contribution in [0.4, 0.5) is 0 Å². The number of hydrogen-bond acceptors (Lipinski definition) is 2. The van der Waals surface area contributed by atoms with Crippen LogP contribution in [0.25, 0.3) is 26.4 Å². The Morgan fingerprint density at radius 1 is 1.10 bits per heavy atom. The van der Waals surface area contributed by atoms with Crippen molar-refractivity contribution < 1.29 is 0 Å². The molecule has 0 unspecified atom stereocenters. The molecule has 5 heteroatoms. The molecular formula is C15H8BrIN2S. The first-order valence-corrected chi connectivity index (χ1v) is 8.73. The molecular weight excluding hydrogens is 447 g/mol. The molecule has 0 atom stereocenters. The third kappa shape index (κ3) is 2.08. The van der Waals surface area contributed by atoms with Crippen molar-refractivity contribution in [3.05, 3.63) is 56.7 Å². The molecule has 0 fully saturated rings. The molecule has 0 N–H and O–H groups in total. The second-order valence-electron chi connectivity index (χ2n) is 4.50. The maximum absolute atomic E-state index is 4.74. The Hall–Kier alpha value is -0.920. The molecule has 2 aromatic carbocycles. The van der Waals surface area contributed by atoms with Crippen LogP contribution in [0, 0.1) is 3.57 Å². The van der Waals surface area contributed by atoms with E-state index in [1.165, 1.54) is 13.8 Å². The van der Waals surface area contributed by atoms with Gasteiger partial charge in [-0.25, -0.2) is 4.98 Å². The molecule has 0 aliphatic carbocycles. The normalized spacial score (nSPS) is 11.5. The third-order valence-corrected chi connectivity index (χ3v) is 5.43. The van der Waals surface area contributed by atoms with E-state index in [1.54, 1.807) is 11.3 Å². The predicted molar refractivity (Wildman–Crippen MR) is 96.4 cm³/mol. The van der Waals surface area contributed by atoms with Crippen molar-refractivity contribution in [3.63, 3.8) is 0 Å². The van der Waals surface area contributed by atoms with Crippen LogP contribution in [0.2, 0.25) is 0 Å². The van der Waals surface area contributed by atoms with Crippen molar-refractivity contribution in [3.8, 4) is 11.3 Å². The first-order valence-electron chi connectivity index (χ1n) is 6.04. The highest BCUT2D eigenvalue weighted by Gasteiger charge is 2.10. The van der Waals surface area contributed by atoms with Gasteiger partial charge in [-0.05, 0) is 52.9 Å². The molecule has 0 bridgehead atoms. The first-order chi connectivity index (χ1) is 9.70. The molecule has 0 amide bonds. The summed E-state index contributed by atoms with van der Waals surface area (Å²) in [6.07, 6.45) is 2.12. The van der Waals surface area contributed by atoms with Gasteiger partial charge in [-0.1, -0.05) is 39.4 Å². The van der Waals surface area contributed by atoms with Crippen LogP contribution in [-0.4, -0.2) is 9.38 Å². The minimum Gasteiger partial charge on any atom is -0.290 e. The smallest absolute Gasteiger partial charge is 0.195 e. The molecule has 0 aliphatic heterocycles. The number of imidazole rings is 1. The Kier molecular flexibility index (Phi) is 3.08. The minimum atomic E-state index is 1.03. The standard InChI is InChI=1S/C15H8BrIN2S/c16-10-3-6-13-14(7-10)20-15-18-12(8-19(13)15)9-1-4-11(17)5-2-9/h1-8H. The third-order valence-electron chi connectivity index (χ3n) is 3.20. The van der Waals surface area contributed by atoms with Gasteiger partial charge in [-0.2, -0.15) is 0 Å². The second-order valence-corrected chi connectivity index (χ2v) is 7.67. The lowest BCUT2D eigenvalue weighted by molar-refractivity contribution is 1.30. The fourth-order valence-corrected chi connectivity index (χ4v) is 4.15. The largest absolute Gasteiger partial charge is 0.290 e. The van der Waals surface area contributed by atoms with E-state index in [-0.39, 0.29) is 0 Å². The van der Waals surface area contributed by atoms with Crippen LogP contribution in [0.15, 0.2) is 53.1 Å². The second kappa shape index (κ2) is 4.82. The van der Waals surface area contributed by atoms with Crippen LogP contribution < -0.4 is 0 Å². The van der Waals surface area contributed by atoms with E-state index in [0.717, 1.165) is 20.7 Å². The molecule has 4 aromatic rings. The van der Waals surface area contributed by atoms with Crippen molar-refractivity contribution in [2.75, 3.05) is 0 Å². The zero-order chi connectivity index (χ0) is 13.7. The maximum atomic E-state index is 4.74. The number of fused-ring (bicyclic) bond motifs is 3. The Morgan fingerprint density at radius 3 is 2.70 bits per heavy atom. The van der Waals surface area contributed by atoms with E-state index < -0.39 is 0 Å². The molecule has 0 saturated heterocycles. The average Bonchev–Trinajstić information content (AvgIpc) is 2.96. The van der Waals surface area contributed by atoms with E-state index in [0.29, 0.717) is 0 Å². The van der Waals surface area contributed by atoms with Crippen LogP contribution in [-0.2, 0) is 0 Å². The highest BCUT2D eigenvalue weighted by Crippen LogP contribution is 2.31. The zero-order valence-electron chi connectivity index (χ0n) is 10.2. The van der Waals surface area contributed by atoms with Crippen molar-refractivity contribution >= 4 is 65.0 Å². The van der Waals surface area contributed by atoms with Gasteiger partial charge in [0, 0.05) is 19.8 Å². The highest BCUT2D eigenvalue weighted by molar-refractivity contribution is 14.1. The monoisotopic (exact) mass is 454 g/mol. The Bertz CT molecular complexity index is 924. The van der Waals surface area contributed by atoms with Gasteiger partial charge in [0.05, 0.1) is 15.9 Å². The van der Waals surface area contributed by atoms with Crippen LogP contribution >= 0.6 is 49.9 Å². The number of aromatic nitrogens is 2. The summed E-state index contributed by atoms with van der Waals surface area (Å²) < 4.78 is 5.76. The average molecular weight is 455 g/mol. The molecule has 2 nitrogen and oxygen atoms in total. The predicted octanol–water partition coefficient (Wildman–Crippen LogP) is 5.58. The van der Waals surface area contributed by atoms with Gasteiger partial charge in [0.2, 0.25) is 0 Å². The van der Waals surface area contributed by atoms with Crippen molar-refractivity contribution in [1.29, 1.82) is 0 Å². The first kappa shape index (κ1) is 12.8. The summed E-state index contributed by atoms with van der Waals surface area (Å²) in [5.41, 5.74) is 3.39. The van der Waals surface area contributed by atoms with Gasteiger partial charge in [0.25, 0.3) is 0 Å². The fraction of sp³-hybridized carbons (Fsp3) is 0. The number of nitrogens with zero attached hydrogens (tertiary/aromatic N) is 2.